The molecule has 3 amide bonds. The molecule has 1 aliphatic heterocycles. The molecule has 2 rings (SSSR count). The summed E-state index contributed by atoms with van der Waals surface area (Å²) >= 11 is 0. The van der Waals surface area contributed by atoms with Crippen LogP contribution in [0.1, 0.15) is 34.6 Å². The van der Waals surface area contributed by atoms with E-state index in [1.165, 1.54) is 4.90 Å². The summed E-state index contributed by atoms with van der Waals surface area (Å²) in [6.45, 7) is 9.27. The second-order valence-electron chi connectivity index (χ2n) is 8.23. The molecule has 142 valence electrons. The fraction of sp³-hybridized carbons (Fsp3) is 0.526. The predicted octanol–water partition coefficient (Wildman–Crippen LogP) is 1.60. The third kappa shape index (κ3) is 4.40. The average molecular weight is 360 g/mol. The van der Waals surface area contributed by atoms with Crippen LogP contribution in [0.4, 0.5) is 11.4 Å². The summed E-state index contributed by atoms with van der Waals surface area (Å²) in [4.78, 5) is 40.6. The molecule has 0 aliphatic carbocycles. The Morgan fingerprint density at radius 3 is 2.42 bits per heavy atom. The third-order valence-electron chi connectivity index (χ3n) is 4.09. The number of carbonyl (C=O) groups excluding carboxylic acids is 3. The quantitative estimate of drug-likeness (QED) is 0.854. The molecule has 0 bridgehead atoms. The van der Waals surface area contributed by atoms with Gasteiger partial charge in [-0.15, -0.1) is 0 Å². The van der Waals surface area contributed by atoms with E-state index < -0.39 is 5.54 Å². The standard InChI is InChI=1S/C19H28N4O3/c1-18(2,3)21-15(24)11-22(6)12-16(25)23-14-10-8-7-9-13(14)20-17(26)19(23,4)5/h7-10H,11-12H2,1-6H3,(H,20,26)(H,21,24). The molecule has 1 aromatic rings. The molecule has 1 aromatic carbocycles. The number of amides is 3. The Morgan fingerprint density at radius 2 is 1.81 bits per heavy atom. The zero-order valence-electron chi connectivity index (χ0n) is 16.3. The van der Waals surface area contributed by atoms with Crippen LogP contribution in [0.15, 0.2) is 24.3 Å². The Kier molecular flexibility index (Phi) is 5.41. The lowest BCUT2D eigenvalue weighted by molar-refractivity contribution is -0.128. The smallest absolute Gasteiger partial charge is 0.250 e. The first-order chi connectivity index (χ1) is 11.9. The van der Waals surface area contributed by atoms with Crippen LogP contribution >= 0.6 is 0 Å². The molecular formula is C19H28N4O3. The highest BCUT2D eigenvalue weighted by molar-refractivity contribution is 6.14. The van der Waals surface area contributed by atoms with Gasteiger partial charge in [0.05, 0.1) is 24.5 Å². The van der Waals surface area contributed by atoms with Gasteiger partial charge in [-0.1, -0.05) is 12.1 Å². The van der Waals surface area contributed by atoms with Crippen molar-refractivity contribution in [1.82, 2.24) is 10.2 Å². The van der Waals surface area contributed by atoms with Gasteiger partial charge in [0.15, 0.2) is 0 Å². The Bertz CT molecular complexity index is 722. The van der Waals surface area contributed by atoms with Gasteiger partial charge in [-0.05, 0) is 53.8 Å². The van der Waals surface area contributed by atoms with Crippen LogP contribution in [0.2, 0.25) is 0 Å². The van der Waals surface area contributed by atoms with E-state index >= 15 is 0 Å². The van der Waals surface area contributed by atoms with E-state index in [0.717, 1.165) is 0 Å². The summed E-state index contributed by atoms with van der Waals surface area (Å²) in [6, 6.07) is 7.21. The number of benzene rings is 1. The first-order valence-corrected chi connectivity index (χ1v) is 8.65. The number of nitrogens with zero attached hydrogens (tertiary/aromatic N) is 2. The molecule has 7 heteroatoms. The molecule has 0 fully saturated rings. The van der Waals surface area contributed by atoms with E-state index in [1.807, 2.05) is 32.9 Å². The Labute approximate surface area is 154 Å². The molecule has 0 radical (unpaired) electrons. The van der Waals surface area contributed by atoms with Crippen LogP contribution in [0.25, 0.3) is 0 Å². The van der Waals surface area contributed by atoms with Gasteiger partial charge in [-0.2, -0.15) is 0 Å². The normalized spacial score (nSPS) is 16.1. The van der Waals surface area contributed by atoms with Crippen LogP contribution in [-0.4, -0.2) is 53.8 Å². The average Bonchev–Trinajstić information content (AvgIpc) is 2.45. The lowest BCUT2D eigenvalue weighted by Gasteiger charge is -2.42. The SMILES string of the molecule is CN(CC(=O)NC(C)(C)C)CC(=O)N1c2ccccc2NC(=O)C1(C)C. The molecule has 0 atom stereocenters. The first kappa shape index (κ1) is 19.9. The van der Waals surface area contributed by atoms with E-state index in [9.17, 15) is 14.4 Å². The highest BCUT2D eigenvalue weighted by Gasteiger charge is 2.43. The highest BCUT2D eigenvalue weighted by Crippen LogP contribution is 2.36. The zero-order chi connectivity index (χ0) is 19.7. The molecule has 1 aliphatic rings. The number of rotatable bonds is 4. The minimum Gasteiger partial charge on any atom is -0.350 e. The van der Waals surface area contributed by atoms with Crippen molar-refractivity contribution in [3.8, 4) is 0 Å². The summed E-state index contributed by atoms with van der Waals surface area (Å²) in [5, 5.41) is 5.71. The summed E-state index contributed by atoms with van der Waals surface area (Å²) in [7, 11) is 1.71. The summed E-state index contributed by atoms with van der Waals surface area (Å²) < 4.78 is 0. The van der Waals surface area contributed by atoms with Crippen LogP contribution in [0, 0.1) is 0 Å². The van der Waals surface area contributed by atoms with Crippen LogP contribution in [0.3, 0.4) is 0 Å². The van der Waals surface area contributed by atoms with E-state index in [1.54, 1.807) is 37.9 Å². The van der Waals surface area contributed by atoms with Gasteiger partial charge >= 0.3 is 0 Å². The summed E-state index contributed by atoms with van der Waals surface area (Å²) in [5.41, 5.74) is -0.0683. The molecule has 1 heterocycles. The van der Waals surface area contributed by atoms with Crippen LogP contribution < -0.4 is 15.5 Å². The Balaban J connectivity index is 2.15. The van der Waals surface area contributed by atoms with E-state index in [2.05, 4.69) is 10.6 Å². The zero-order valence-corrected chi connectivity index (χ0v) is 16.3. The number of likely N-dealkylation sites (N-methyl/N-ethyl adjacent to an activating group) is 1. The van der Waals surface area contributed by atoms with Crippen molar-refractivity contribution >= 4 is 29.1 Å². The minimum absolute atomic E-state index is 0.0304. The van der Waals surface area contributed by atoms with E-state index in [0.29, 0.717) is 11.4 Å². The largest absolute Gasteiger partial charge is 0.350 e. The number of anilines is 2. The maximum absolute atomic E-state index is 13.0. The fourth-order valence-electron chi connectivity index (χ4n) is 2.96. The number of nitrogens with one attached hydrogen (secondary N) is 2. The molecule has 26 heavy (non-hydrogen) atoms. The van der Waals surface area contributed by atoms with Crippen molar-refractivity contribution < 1.29 is 14.4 Å². The number of fused-ring (bicyclic) bond motifs is 1. The van der Waals surface area contributed by atoms with E-state index in [4.69, 9.17) is 0 Å². The second-order valence-corrected chi connectivity index (χ2v) is 8.23. The second kappa shape index (κ2) is 7.07. The number of hydrogen-bond donors (Lipinski definition) is 2. The third-order valence-corrected chi connectivity index (χ3v) is 4.09. The molecule has 0 unspecified atom stereocenters. The number of para-hydroxylation sites is 2. The summed E-state index contributed by atoms with van der Waals surface area (Å²) in [5.74, 6) is -0.620. The molecule has 0 saturated heterocycles. The van der Waals surface area contributed by atoms with Crippen molar-refractivity contribution in [3.63, 3.8) is 0 Å². The van der Waals surface area contributed by atoms with Crippen LogP contribution in [0.5, 0.6) is 0 Å². The first-order valence-electron chi connectivity index (χ1n) is 8.65. The topological polar surface area (TPSA) is 81.8 Å². The maximum atomic E-state index is 13.0. The van der Waals surface area contributed by atoms with Gasteiger partial charge < -0.3 is 10.6 Å². The van der Waals surface area contributed by atoms with Crippen molar-refractivity contribution in [2.45, 2.75) is 45.7 Å². The van der Waals surface area contributed by atoms with Gasteiger partial charge in [0.2, 0.25) is 17.7 Å². The fourth-order valence-corrected chi connectivity index (χ4v) is 2.96. The maximum Gasteiger partial charge on any atom is 0.250 e. The van der Waals surface area contributed by atoms with E-state index in [-0.39, 0.29) is 36.3 Å². The summed E-state index contributed by atoms with van der Waals surface area (Å²) in [6.07, 6.45) is 0. The Hall–Kier alpha value is -2.41. The lowest BCUT2D eigenvalue weighted by atomic mass is 9.96. The molecule has 0 saturated carbocycles. The minimum atomic E-state index is -1.01. The van der Waals surface area contributed by atoms with Crippen molar-refractivity contribution in [2.24, 2.45) is 0 Å². The highest BCUT2D eigenvalue weighted by atomic mass is 16.2. The Morgan fingerprint density at radius 1 is 1.19 bits per heavy atom. The van der Waals surface area contributed by atoms with Gasteiger partial charge in [0, 0.05) is 5.54 Å². The molecule has 7 nitrogen and oxygen atoms in total. The molecular weight excluding hydrogens is 332 g/mol. The van der Waals surface area contributed by atoms with Gasteiger partial charge in [0.1, 0.15) is 5.54 Å². The lowest BCUT2D eigenvalue weighted by Crippen LogP contribution is -2.60. The number of carbonyl (C=O) groups is 3. The van der Waals surface area contributed by atoms with Crippen molar-refractivity contribution in [3.05, 3.63) is 24.3 Å². The molecule has 2 N–H and O–H groups in total. The van der Waals surface area contributed by atoms with Gasteiger partial charge in [0.25, 0.3) is 0 Å². The van der Waals surface area contributed by atoms with Gasteiger partial charge in [-0.25, -0.2) is 0 Å². The molecule has 0 spiro atoms. The predicted molar refractivity (Wildman–Crippen MR) is 102 cm³/mol. The van der Waals surface area contributed by atoms with Crippen LogP contribution in [-0.2, 0) is 14.4 Å². The monoisotopic (exact) mass is 360 g/mol. The number of hydrogen-bond acceptors (Lipinski definition) is 4. The van der Waals surface area contributed by atoms with Gasteiger partial charge in [-0.3, -0.25) is 24.2 Å². The van der Waals surface area contributed by atoms with Crippen molar-refractivity contribution in [2.75, 3.05) is 30.4 Å². The van der Waals surface area contributed by atoms with Crippen molar-refractivity contribution in [1.29, 1.82) is 0 Å². The molecule has 0 aromatic heterocycles.